The summed E-state index contributed by atoms with van der Waals surface area (Å²) < 4.78 is 53.5. The first kappa shape index (κ1) is 12.0. The van der Waals surface area contributed by atoms with Gasteiger partial charge in [-0.25, -0.2) is 4.39 Å². The van der Waals surface area contributed by atoms with Gasteiger partial charge in [-0.1, -0.05) is 11.6 Å². The van der Waals surface area contributed by atoms with Gasteiger partial charge in [-0.05, 0) is 12.1 Å². The van der Waals surface area contributed by atoms with Gasteiger partial charge in [0.15, 0.2) is 18.2 Å². The van der Waals surface area contributed by atoms with Crippen molar-refractivity contribution in [2.75, 3.05) is 6.61 Å². The molecule has 0 amide bonds. The van der Waals surface area contributed by atoms with E-state index >= 15 is 0 Å². The van der Waals surface area contributed by atoms with Crippen molar-refractivity contribution in [2.24, 2.45) is 0 Å². The maximum Gasteiger partial charge on any atom is 0.422 e. The molecule has 2 rings (SSSR count). The van der Waals surface area contributed by atoms with Crippen molar-refractivity contribution in [3.8, 4) is 5.75 Å². The summed E-state index contributed by atoms with van der Waals surface area (Å²) in [4.78, 5) is 0. The Morgan fingerprint density at radius 3 is 2.41 bits per heavy atom. The van der Waals surface area contributed by atoms with Crippen molar-refractivity contribution >= 4 is 17.3 Å². The second-order valence-corrected chi connectivity index (χ2v) is 3.78. The van der Waals surface area contributed by atoms with Gasteiger partial charge in [0.05, 0.1) is 10.7 Å². The molecule has 2 nitrogen and oxygen atoms in total. The van der Waals surface area contributed by atoms with Crippen molar-refractivity contribution in [1.29, 1.82) is 0 Å². The molecule has 7 heteroatoms. The number of benzene rings is 1. The van der Waals surface area contributed by atoms with Gasteiger partial charge in [-0.3, -0.25) is 0 Å². The highest BCUT2D eigenvalue weighted by Gasteiger charge is 2.29. The van der Waals surface area contributed by atoms with E-state index in [1.807, 2.05) is 0 Å². The third-order valence-electron chi connectivity index (χ3n) is 1.98. The lowest BCUT2D eigenvalue weighted by atomic mass is 10.2. The fourth-order valence-corrected chi connectivity index (χ4v) is 1.47. The average molecular weight is 268 g/mol. The van der Waals surface area contributed by atoms with Crippen molar-refractivity contribution in [3.63, 3.8) is 0 Å². The summed E-state index contributed by atoms with van der Waals surface area (Å²) in [5.41, 5.74) is 1.14. The second-order valence-electron chi connectivity index (χ2n) is 3.38. The summed E-state index contributed by atoms with van der Waals surface area (Å²) in [6.07, 6.45) is -2.92. The molecule has 1 aromatic rings. The Morgan fingerprint density at radius 2 is 1.94 bits per heavy atom. The monoisotopic (exact) mass is 267 g/mol. The first-order valence-electron chi connectivity index (χ1n) is 4.52. The highest BCUT2D eigenvalue weighted by atomic mass is 35.5. The Hall–Kier alpha value is -1.43. The zero-order valence-electron chi connectivity index (χ0n) is 8.24. The molecule has 0 aliphatic carbocycles. The smallest absolute Gasteiger partial charge is 0.422 e. The first-order chi connectivity index (χ1) is 7.87. The van der Waals surface area contributed by atoms with E-state index < -0.39 is 24.3 Å². The lowest BCUT2D eigenvalue weighted by Gasteiger charge is -2.11. The van der Waals surface area contributed by atoms with Crippen LogP contribution in [0.4, 0.5) is 17.6 Å². The lowest BCUT2D eigenvalue weighted by molar-refractivity contribution is -0.153. The summed E-state index contributed by atoms with van der Waals surface area (Å²) in [5, 5.41) is 2.53. The Bertz CT molecular complexity index is 461. The number of rotatable bonds is 3. The molecule has 1 aromatic carbocycles. The molecule has 0 fully saturated rings. The minimum Gasteiger partial charge on any atom is -0.479 e. The Morgan fingerprint density at radius 1 is 1.29 bits per heavy atom. The second kappa shape index (κ2) is 4.10. The topological polar surface area (TPSA) is 31.2 Å². The summed E-state index contributed by atoms with van der Waals surface area (Å²) in [5.74, 6) is -1.51. The lowest BCUT2D eigenvalue weighted by Crippen LogP contribution is -2.19. The van der Waals surface area contributed by atoms with E-state index in [1.165, 1.54) is 6.07 Å². The molecule has 0 radical (unpaired) electrons. The van der Waals surface area contributed by atoms with Crippen LogP contribution in [0.3, 0.4) is 0 Å². The van der Waals surface area contributed by atoms with E-state index in [0.717, 1.165) is 6.07 Å². The van der Waals surface area contributed by atoms with E-state index in [-0.39, 0.29) is 5.02 Å². The molecular weight excluding hydrogens is 262 g/mol. The third-order valence-corrected chi connectivity index (χ3v) is 2.26. The molecule has 1 N–H and O–H groups in total. The molecule has 92 valence electrons. The predicted octanol–water partition coefficient (Wildman–Crippen LogP) is 3.32. The van der Waals surface area contributed by atoms with E-state index in [2.05, 4.69) is 10.1 Å². The number of nitrogens with one attached hydrogen (secondary N) is 1. The molecule has 1 aliphatic heterocycles. The van der Waals surface area contributed by atoms with Crippen LogP contribution in [0.5, 0.6) is 5.75 Å². The van der Waals surface area contributed by atoms with Gasteiger partial charge in [0, 0.05) is 11.8 Å². The van der Waals surface area contributed by atoms with Crippen LogP contribution < -0.4 is 10.1 Å². The summed E-state index contributed by atoms with van der Waals surface area (Å²) in [7, 11) is 0. The van der Waals surface area contributed by atoms with Crippen LogP contribution in [0.15, 0.2) is 18.3 Å². The third kappa shape index (κ3) is 3.03. The molecule has 0 saturated carbocycles. The van der Waals surface area contributed by atoms with Crippen molar-refractivity contribution in [1.82, 2.24) is 5.32 Å². The Labute approximate surface area is 98.8 Å². The quantitative estimate of drug-likeness (QED) is 0.852. The molecule has 1 heterocycles. The van der Waals surface area contributed by atoms with Crippen LogP contribution in [-0.4, -0.2) is 12.8 Å². The molecule has 0 bridgehead atoms. The van der Waals surface area contributed by atoms with Gasteiger partial charge >= 0.3 is 6.18 Å². The van der Waals surface area contributed by atoms with Gasteiger partial charge < -0.3 is 10.1 Å². The normalized spacial score (nSPS) is 14.1. The van der Waals surface area contributed by atoms with Crippen molar-refractivity contribution < 1.29 is 22.3 Å². The zero-order chi connectivity index (χ0) is 12.6. The molecular formula is C10H6ClF4NO. The predicted molar refractivity (Wildman–Crippen MR) is 54.1 cm³/mol. The van der Waals surface area contributed by atoms with Crippen LogP contribution in [0.1, 0.15) is 5.56 Å². The summed E-state index contributed by atoms with van der Waals surface area (Å²) >= 11 is 5.65. The van der Waals surface area contributed by atoms with Crippen LogP contribution in [0.2, 0.25) is 5.02 Å². The molecule has 0 unspecified atom stereocenters. The van der Waals surface area contributed by atoms with Crippen LogP contribution in [0.25, 0.3) is 5.70 Å². The van der Waals surface area contributed by atoms with Gasteiger partial charge in [0.2, 0.25) is 0 Å². The first-order valence-corrected chi connectivity index (χ1v) is 4.90. The average Bonchev–Trinajstić information content (AvgIpc) is 2.96. The van der Waals surface area contributed by atoms with E-state index in [1.54, 1.807) is 6.20 Å². The van der Waals surface area contributed by atoms with Crippen LogP contribution in [-0.2, 0) is 0 Å². The van der Waals surface area contributed by atoms with Gasteiger partial charge in [0.1, 0.15) is 0 Å². The van der Waals surface area contributed by atoms with E-state index in [4.69, 9.17) is 11.6 Å². The maximum absolute atomic E-state index is 13.4. The molecule has 0 atom stereocenters. The SMILES string of the molecule is Fc1cc(C2=CN2)cc(Cl)c1OCC(F)(F)F. The van der Waals surface area contributed by atoms with Crippen molar-refractivity contribution in [3.05, 3.63) is 34.7 Å². The van der Waals surface area contributed by atoms with Gasteiger partial charge in [-0.2, -0.15) is 13.2 Å². The number of halogens is 5. The Balaban J connectivity index is 2.19. The zero-order valence-corrected chi connectivity index (χ0v) is 8.99. The van der Waals surface area contributed by atoms with Gasteiger partial charge in [0.25, 0.3) is 0 Å². The van der Waals surface area contributed by atoms with Crippen LogP contribution >= 0.6 is 11.6 Å². The minimum absolute atomic E-state index is 0.196. The fourth-order valence-electron chi connectivity index (χ4n) is 1.21. The fraction of sp³-hybridized carbons (Fsp3) is 0.200. The number of hydrogen-bond donors (Lipinski definition) is 1. The standard InChI is InChI=1S/C10H6ClF4NO/c11-6-1-5(8-3-16-8)2-7(12)9(6)17-4-10(13,14)15/h1-3,16H,4H2. The Kier molecular flexibility index (Phi) is 2.91. The number of alkyl halides is 3. The molecule has 0 saturated heterocycles. The van der Waals surface area contributed by atoms with E-state index in [0.29, 0.717) is 11.3 Å². The van der Waals surface area contributed by atoms with Gasteiger partial charge in [-0.15, -0.1) is 0 Å². The maximum atomic E-state index is 13.4. The van der Waals surface area contributed by atoms with Crippen LogP contribution in [0, 0.1) is 5.82 Å². The molecule has 0 spiro atoms. The number of hydrogen-bond acceptors (Lipinski definition) is 2. The highest BCUT2D eigenvalue weighted by molar-refractivity contribution is 6.32. The number of ether oxygens (including phenoxy) is 1. The molecule has 17 heavy (non-hydrogen) atoms. The van der Waals surface area contributed by atoms with Crippen molar-refractivity contribution in [2.45, 2.75) is 6.18 Å². The largest absolute Gasteiger partial charge is 0.479 e. The molecule has 0 aromatic heterocycles. The minimum atomic E-state index is -4.53. The highest BCUT2D eigenvalue weighted by Crippen LogP contribution is 2.33. The molecule has 1 aliphatic rings. The summed E-state index contributed by atoms with van der Waals surface area (Å²) in [6.45, 7) is -1.58. The summed E-state index contributed by atoms with van der Waals surface area (Å²) in [6, 6.07) is 2.39. The van der Waals surface area contributed by atoms with E-state index in [9.17, 15) is 17.6 Å².